The van der Waals surface area contributed by atoms with E-state index in [4.69, 9.17) is 0 Å². The molecule has 1 aliphatic carbocycles. The van der Waals surface area contributed by atoms with Gasteiger partial charge in [-0.2, -0.15) is 0 Å². The molecule has 0 radical (unpaired) electrons. The minimum atomic E-state index is -0.315. The molecule has 2 rings (SSSR count). The van der Waals surface area contributed by atoms with Crippen molar-refractivity contribution in [2.75, 3.05) is 11.4 Å². The van der Waals surface area contributed by atoms with Gasteiger partial charge < -0.3 is 4.90 Å². The van der Waals surface area contributed by atoms with Crippen molar-refractivity contribution >= 4 is 27.3 Å². The van der Waals surface area contributed by atoms with Crippen molar-refractivity contribution in [3.63, 3.8) is 0 Å². The molecule has 1 aromatic carbocycles. The molecular formula is C14H19BrN2O2. The molecule has 0 spiro atoms. The van der Waals surface area contributed by atoms with E-state index in [1.807, 2.05) is 12.1 Å². The Morgan fingerprint density at radius 3 is 2.63 bits per heavy atom. The average Bonchev–Trinajstić information content (AvgIpc) is 3.19. The molecule has 0 saturated heterocycles. The van der Waals surface area contributed by atoms with E-state index in [9.17, 15) is 10.1 Å². The summed E-state index contributed by atoms with van der Waals surface area (Å²) in [7, 11) is 0. The third kappa shape index (κ3) is 3.47. The molecule has 5 heteroatoms. The highest BCUT2D eigenvalue weighted by molar-refractivity contribution is 9.08. The number of nitro benzene ring substituents is 1. The van der Waals surface area contributed by atoms with Crippen molar-refractivity contribution in [1.29, 1.82) is 0 Å². The van der Waals surface area contributed by atoms with E-state index >= 15 is 0 Å². The standard InChI is InChI=1S/C14H19BrN2O2/c1-10(2)9-16(12-3-4-12)13-5-6-14(17(18)19)11(7-13)8-15/h5-7,10,12H,3-4,8-9H2,1-2H3. The molecule has 4 nitrogen and oxygen atoms in total. The Kier molecular flexibility index (Phi) is 4.45. The summed E-state index contributed by atoms with van der Waals surface area (Å²) in [5.74, 6) is 0.586. The van der Waals surface area contributed by atoms with Crippen LogP contribution in [0.3, 0.4) is 0 Å². The minimum absolute atomic E-state index is 0.195. The van der Waals surface area contributed by atoms with Crippen LogP contribution in [-0.2, 0) is 5.33 Å². The van der Waals surface area contributed by atoms with Gasteiger partial charge >= 0.3 is 0 Å². The van der Waals surface area contributed by atoms with Crippen molar-refractivity contribution in [3.8, 4) is 0 Å². The molecule has 1 aromatic rings. The summed E-state index contributed by atoms with van der Waals surface area (Å²) in [5, 5.41) is 11.5. The van der Waals surface area contributed by atoms with Gasteiger partial charge in [0.25, 0.3) is 5.69 Å². The largest absolute Gasteiger partial charge is 0.368 e. The second-order valence-corrected chi connectivity index (χ2v) is 6.04. The van der Waals surface area contributed by atoms with Crippen molar-refractivity contribution in [2.24, 2.45) is 5.92 Å². The van der Waals surface area contributed by atoms with Gasteiger partial charge in [-0.25, -0.2) is 0 Å². The van der Waals surface area contributed by atoms with Gasteiger partial charge in [-0.05, 0) is 30.9 Å². The van der Waals surface area contributed by atoms with Gasteiger partial charge in [0.1, 0.15) is 0 Å². The monoisotopic (exact) mass is 326 g/mol. The van der Waals surface area contributed by atoms with E-state index in [-0.39, 0.29) is 10.6 Å². The van der Waals surface area contributed by atoms with E-state index in [1.54, 1.807) is 6.07 Å². The Balaban J connectivity index is 2.30. The van der Waals surface area contributed by atoms with Crippen LogP contribution in [0.4, 0.5) is 11.4 Å². The smallest absolute Gasteiger partial charge is 0.273 e. The fourth-order valence-electron chi connectivity index (χ4n) is 2.28. The predicted octanol–water partition coefficient (Wildman–Crippen LogP) is 4.11. The number of benzene rings is 1. The zero-order valence-electron chi connectivity index (χ0n) is 11.3. The summed E-state index contributed by atoms with van der Waals surface area (Å²) in [6, 6.07) is 6.08. The van der Waals surface area contributed by atoms with Crippen LogP contribution in [0.25, 0.3) is 0 Å². The minimum Gasteiger partial charge on any atom is -0.368 e. The highest BCUT2D eigenvalue weighted by atomic mass is 79.9. The molecule has 0 amide bonds. The first-order valence-corrected chi connectivity index (χ1v) is 7.75. The maximum Gasteiger partial charge on any atom is 0.273 e. The first-order valence-electron chi connectivity index (χ1n) is 6.63. The van der Waals surface area contributed by atoms with Crippen molar-refractivity contribution in [3.05, 3.63) is 33.9 Å². The molecule has 0 N–H and O–H groups in total. The third-order valence-electron chi connectivity index (χ3n) is 3.28. The van der Waals surface area contributed by atoms with Gasteiger partial charge in [-0.1, -0.05) is 29.8 Å². The lowest BCUT2D eigenvalue weighted by Crippen LogP contribution is -2.29. The molecular weight excluding hydrogens is 308 g/mol. The predicted molar refractivity (Wildman–Crippen MR) is 80.9 cm³/mol. The first-order chi connectivity index (χ1) is 9.02. The first kappa shape index (κ1) is 14.3. The van der Waals surface area contributed by atoms with Crippen molar-refractivity contribution in [2.45, 2.75) is 38.1 Å². The van der Waals surface area contributed by atoms with Crippen LogP contribution in [0.1, 0.15) is 32.3 Å². The summed E-state index contributed by atoms with van der Waals surface area (Å²) >= 11 is 3.34. The number of nitro groups is 1. The fraction of sp³-hybridized carbons (Fsp3) is 0.571. The molecule has 0 atom stereocenters. The molecule has 1 saturated carbocycles. The Morgan fingerprint density at radius 2 is 2.16 bits per heavy atom. The second-order valence-electron chi connectivity index (χ2n) is 5.48. The quantitative estimate of drug-likeness (QED) is 0.449. The number of halogens is 1. The van der Waals surface area contributed by atoms with Gasteiger partial charge in [0.05, 0.1) is 4.92 Å². The van der Waals surface area contributed by atoms with E-state index in [0.29, 0.717) is 17.3 Å². The number of alkyl halides is 1. The molecule has 1 aliphatic rings. The van der Waals surface area contributed by atoms with E-state index in [0.717, 1.165) is 17.8 Å². The Labute approximate surface area is 122 Å². The molecule has 0 bridgehead atoms. The molecule has 0 aromatic heterocycles. The summed E-state index contributed by atoms with van der Waals surface area (Å²) < 4.78 is 0. The number of hydrogen-bond donors (Lipinski definition) is 0. The summed E-state index contributed by atoms with van der Waals surface area (Å²) in [6.07, 6.45) is 2.46. The van der Waals surface area contributed by atoms with Crippen LogP contribution >= 0.6 is 15.9 Å². The van der Waals surface area contributed by atoms with Gasteiger partial charge in [-0.3, -0.25) is 10.1 Å². The van der Waals surface area contributed by atoms with Crippen LogP contribution < -0.4 is 4.90 Å². The van der Waals surface area contributed by atoms with Crippen LogP contribution in [0.5, 0.6) is 0 Å². The number of hydrogen-bond acceptors (Lipinski definition) is 3. The maximum atomic E-state index is 11.0. The average molecular weight is 327 g/mol. The molecule has 0 heterocycles. The second kappa shape index (κ2) is 5.90. The van der Waals surface area contributed by atoms with Gasteiger partial charge in [0, 0.05) is 35.2 Å². The maximum absolute atomic E-state index is 11.0. The van der Waals surface area contributed by atoms with Crippen LogP contribution in [-0.4, -0.2) is 17.5 Å². The van der Waals surface area contributed by atoms with Crippen molar-refractivity contribution < 1.29 is 4.92 Å². The zero-order valence-corrected chi connectivity index (χ0v) is 12.9. The summed E-state index contributed by atoms with van der Waals surface area (Å²) in [6.45, 7) is 5.41. The zero-order chi connectivity index (χ0) is 14.0. The topological polar surface area (TPSA) is 46.4 Å². The number of nitrogens with zero attached hydrogens (tertiary/aromatic N) is 2. The van der Waals surface area contributed by atoms with Crippen molar-refractivity contribution in [1.82, 2.24) is 0 Å². The molecule has 19 heavy (non-hydrogen) atoms. The number of rotatable bonds is 6. The van der Waals surface area contributed by atoms with Crippen LogP contribution in [0.15, 0.2) is 18.2 Å². The Morgan fingerprint density at radius 1 is 1.47 bits per heavy atom. The normalized spacial score (nSPS) is 14.7. The van der Waals surface area contributed by atoms with E-state index < -0.39 is 0 Å². The summed E-state index contributed by atoms with van der Waals surface area (Å²) in [4.78, 5) is 13.0. The van der Waals surface area contributed by atoms with Gasteiger partial charge in [0.2, 0.25) is 0 Å². The van der Waals surface area contributed by atoms with E-state index in [1.165, 1.54) is 12.8 Å². The van der Waals surface area contributed by atoms with Gasteiger partial charge in [-0.15, -0.1) is 0 Å². The molecule has 0 unspecified atom stereocenters. The molecule has 0 aliphatic heterocycles. The third-order valence-corrected chi connectivity index (χ3v) is 3.89. The number of anilines is 1. The molecule has 104 valence electrons. The van der Waals surface area contributed by atoms with Crippen LogP contribution in [0, 0.1) is 16.0 Å². The van der Waals surface area contributed by atoms with Crippen LogP contribution in [0.2, 0.25) is 0 Å². The van der Waals surface area contributed by atoms with Gasteiger partial charge in [0.15, 0.2) is 0 Å². The lowest BCUT2D eigenvalue weighted by atomic mass is 10.1. The van der Waals surface area contributed by atoms with E-state index in [2.05, 4.69) is 34.7 Å². The Bertz CT molecular complexity index is 473. The highest BCUT2D eigenvalue weighted by Crippen LogP contribution is 2.35. The summed E-state index contributed by atoms with van der Waals surface area (Å²) in [5.41, 5.74) is 2.05. The fourth-order valence-corrected chi connectivity index (χ4v) is 2.73. The lowest BCUT2D eigenvalue weighted by molar-refractivity contribution is -0.385. The Hall–Kier alpha value is -1.10. The molecule has 1 fully saturated rings. The lowest BCUT2D eigenvalue weighted by Gasteiger charge is -2.27. The SMILES string of the molecule is CC(C)CN(c1ccc([N+](=O)[O-])c(CBr)c1)C1CC1. The highest BCUT2D eigenvalue weighted by Gasteiger charge is 2.30.